The molecule has 7 nitrogen and oxygen atoms in total. The van der Waals surface area contributed by atoms with Crippen molar-refractivity contribution in [3.63, 3.8) is 0 Å². The lowest BCUT2D eigenvalue weighted by Gasteiger charge is -2.09. The molecule has 0 saturated carbocycles. The average molecular weight is 243 g/mol. The molecule has 0 aliphatic heterocycles. The zero-order valence-corrected chi connectivity index (χ0v) is 10.0. The van der Waals surface area contributed by atoms with Gasteiger partial charge < -0.3 is 0 Å². The minimum absolute atomic E-state index is 0.0261. The molecule has 0 aromatic carbocycles. The third-order valence-electron chi connectivity index (χ3n) is 1.57. The lowest BCUT2D eigenvalue weighted by molar-refractivity contribution is 0.575. The van der Waals surface area contributed by atoms with Crippen molar-refractivity contribution >= 4 is 16.0 Å². The van der Waals surface area contributed by atoms with Gasteiger partial charge in [-0.25, -0.2) is 0 Å². The Balaban J connectivity index is 2.93. The van der Waals surface area contributed by atoms with Crippen LogP contribution in [0.15, 0.2) is 6.20 Å². The summed E-state index contributed by atoms with van der Waals surface area (Å²) in [6.45, 7) is 3.39. The van der Waals surface area contributed by atoms with Crippen LogP contribution in [0.2, 0.25) is 0 Å². The molecule has 2 N–H and O–H groups in total. The number of hydrogen-bond donors (Lipinski definition) is 2. The fraction of sp³-hybridized carbons (Fsp3) is 0.500. The monoisotopic (exact) mass is 243 g/mol. The first-order chi connectivity index (χ1) is 7.34. The highest BCUT2D eigenvalue weighted by Gasteiger charge is 2.16. The van der Waals surface area contributed by atoms with Gasteiger partial charge in [0.05, 0.1) is 0 Å². The van der Waals surface area contributed by atoms with Crippen LogP contribution in [-0.2, 0) is 17.3 Å². The number of aryl methyl sites for hydroxylation is 1. The quantitative estimate of drug-likeness (QED) is 0.774. The molecule has 0 spiro atoms. The van der Waals surface area contributed by atoms with Gasteiger partial charge in [-0.05, 0) is 13.8 Å². The second-order valence-corrected chi connectivity index (χ2v) is 5.00. The van der Waals surface area contributed by atoms with Crippen LogP contribution in [0.1, 0.15) is 19.4 Å². The molecule has 0 atom stereocenters. The summed E-state index contributed by atoms with van der Waals surface area (Å²) < 4.78 is 28.9. The molecule has 0 saturated heterocycles. The molecular weight excluding hydrogens is 230 g/mol. The number of anilines is 1. The molecule has 0 radical (unpaired) electrons. The van der Waals surface area contributed by atoms with E-state index in [1.165, 1.54) is 10.9 Å². The number of nitrogens with zero attached hydrogens (tertiary/aromatic N) is 3. The summed E-state index contributed by atoms with van der Waals surface area (Å²) in [6.07, 6.45) is 1.44. The van der Waals surface area contributed by atoms with Crippen molar-refractivity contribution in [2.75, 3.05) is 4.72 Å². The molecule has 1 rings (SSSR count). The summed E-state index contributed by atoms with van der Waals surface area (Å²) in [5.41, 5.74) is 0.177. The Labute approximate surface area is 94.3 Å². The summed E-state index contributed by atoms with van der Waals surface area (Å²) in [4.78, 5) is 0. The maximum atomic E-state index is 11.5. The Morgan fingerprint density at radius 3 is 2.69 bits per heavy atom. The van der Waals surface area contributed by atoms with E-state index in [4.69, 9.17) is 5.26 Å². The minimum atomic E-state index is -3.68. The first-order valence-corrected chi connectivity index (χ1v) is 6.06. The second kappa shape index (κ2) is 4.51. The molecule has 0 bridgehead atoms. The van der Waals surface area contributed by atoms with Crippen LogP contribution in [0.5, 0.6) is 0 Å². The summed E-state index contributed by atoms with van der Waals surface area (Å²) in [5.74, 6) is 0.0261. The summed E-state index contributed by atoms with van der Waals surface area (Å²) in [7, 11) is -2.07. The Bertz CT molecular complexity index is 511. The van der Waals surface area contributed by atoms with E-state index in [9.17, 15) is 8.42 Å². The molecular formula is C8H13N5O2S. The molecule has 16 heavy (non-hydrogen) atoms. The number of nitrogens with one attached hydrogen (secondary N) is 2. The van der Waals surface area contributed by atoms with Gasteiger partial charge in [0, 0.05) is 19.3 Å². The maximum Gasteiger partial charge on any atom is 0.300 e. The van der Waals surface area contributed by atoms with Crippen LogP contribution in [0.25, 0.3) is 0 Å². The average Bonchev–Trinajstić information content (AvgIpc) is 2.42. The third kappa shape index (κ3) is 3.22. The van der Waals surface area contributed by atoms with E-state index in [0.29, 0.717) is 0 Å². The van der Waals surface area contributed by atoms with Gasteiger partial charge in [-0.3, -0.25) is 9.40 Å². The molecule has 1 aromatic rings. The smallest absolute Gasteiger partial charge is 0.272 e. The molecule has 88 valence electrons. The van der Waals surface area contributed by atoms with Crippen LogP contribution >= 0.6 is 0 Å². The second-order valence-electron chi connectivity index (χ2n) is 3.55. The van der Waals surface area contributed by atoms with Gasteiger partial charge in [0.2, 0.25) is 0 Å². The Hall–Kier alpha value is -1.59. The molecule has 0 fully saturated rings. The van der Waals surface area contributed by atoms with Crippen molar-refractivity contribution in [1.82, 2.24) is 14.5 Å². The first kappa shape index (κ1) is 12.5. The minimum Gasteiger partial charge on any atom is -0.272 e. The Morgan fingerprint density at radius 2 is 2.19 bits per heavy atom. The van der Waals surface area contributed by atoms with Gasteiger partial charge in [0.1, 0.15) is 11.6 Å². The number of rotatable bonds is 4. The fourth-order valence-corrected chi connectivity index (χ4v) is 2.20. The highest BCUT2D eigenvalue weighted by atomic mass is 32.2. The van der Waals surface area contributed by atoms with E-state index in [1.54, 1.807) is 20.9 Å². The van der Waals surface area contributed by atoms with E-state index in [0.717, 1.165) is 0 Å². The van der Waals surface area contributed by atoms with Crippen molar-refractivity contribution < 1.29 is 8.42 Å². The number of hydrogen-bond acceptors (Lipinski definition) is 4. The zero-order valence-electron chi connectivity index (χ0n) is 9.22. The van der Waals surface area contributed by atoms with E-state index in [1.807, 2.05) is 6.07 Å². The molecule has 8 heteroatoms. The molecule has 0 aliphatic carbocycles. The standard InChI is InChI=1S/C8H13N5O2S/c1-6(2)11-16(14,15)12-8-7(4-9)5-13(3)10-8/h5-6,11H,1-3H3,(H,10,12). The van der Waals surface area contributed by atoms with Gasteiger partial charge in [0.15, 0.2) is 5.82 Å². The molecule has 1 aromatic heterocycles. The summed E-state index contributed by atoms with van der Waals surface area (Å²) in [6, 6.07) is 1.62. The van der Waals surface area contributed by atoms with Crippen molar-refractivity contribution in [2.24, 2.45) is 7.05 Å². The molecule has 0 aliphatic rings. The Morgan fingerprint density at radius 1 is 1.56 bits per heavy atom. The van der Waals surface area contributed by atoms with E-state index >= 15 is 0 Å². The molecule has 1 heterocycles. The third-order valence-corrected chi connectivity index (χ3v) is 2.81. The van der Waals surface area contributed by atoms with Crippen molar-refractivity contribution in [3.8, 4) is 6.07 Å². The molecule has 0 unspecified atom stereocenters. The van der Waals surface area contributed by atoms with Gasteiger partial charge in [0.25, 0.3) is 0 Å². The van der Waals surface area contributed by atoms with Gasteiger partial charge in [-0.15, -0.1) is 0 Å². The van der Waals surface area contributed by atoms with Gasteiger partial charge in [-0.2, -0.15) is 23.5 Å². The van der Waals surface area contributed by atoms with Crippen LogP contribution in [0.4, 0.5) is 5.82 Å². The van der Waals surface area contributed by atoms with E-state index in [2.05, 4.69) is 14.5 Å². The SMILES string of the molecule is CC(C)NS(=O)(=O)Nc1nn(C)cc1C#N. The molecule has 0 amide bonds. The predicted molar refractivity (Wildman–Crippen MR) is 58.7 cm³/mol. The van der Waals surface area contributed by atoms with Crippen LogP contribution in [0.3, 0.4) is 0 Å². The lowest BCUT2D eigenvalue weighted by Crippen LogP contribution is -2.35. The topological polar surface area (TPSA) is 99.8 Å². The fourth-order valence-electron chi connectivity index (χ4n) is 1.11. The normalized spacial score (nSPS) is 11.4. The number of aromatic nitrogens is 2. The summed E-state index contributed by atoms with van der Waals surface area (Å²) in [5, 5.41) is 12.6. The Kier molecular flexibility index (Phi) is 3.51. The van der Waals surface area contributed by atoms with E-state index < -0.39 is 10.2 Å². The first-order valence-electron chi connectivity index (χ1n) is 4.58. The largest absolute Gasteiger partial charge is 0.300 e. The van der Waals surface area contributed by atoms with Gasteiger partial charge >= 0.3 is 10.2 Å². The van der Waals surface area contributed by atoms with E-state index in [-0.39, 0.29) is 17.4 Å². The summed E-state index contributed by atoms with van der Waals surface area (Å²) >= 11 is 0. The van der Waals surface area contributed by atoms with Crippen LogP contribution in [0, 0.1) is 11.3 Å². The van der Waals surface area contributed by atoms with Crippen LogP contribution < -0.4 is 9.44 Å². The predicted octanol–water partition coefficient (Wildman–Crippen LogP) is -0.0535. The lowest BCUT2D eigenvalue weighted by atomic mass is 10.4. The van der Waals surface area contributed by atoms with Crippen LogP contribution in [-0.4, -0.2) is 24.2 Å². The van der Waals surface area contributed by atoms with Crippen molar-refractivity contribution in [2.45, 2.75) is 19.9 Å². The highest BCUT2D eigenvalue weighted by molar-refractivity contribution is 7.90. The van der Waals surface area contributed by atoms with Crippen molar-refractivity contribution in [3.05, 3.63) is 11.8 Å². The number of nitriles is 1. The highest BCUT2D eigenvalue weighted by Crippen LogP contribution is 2.11. The van der Waals surface area contributed by atoms with Crippen molar-refractivity contribution in [1.29, 1.82) is 5.26 Å². The van der Waals surface area contributed by atoms with Gasteiger partial charge in [-0.1, -0.05) is 0 Å². The zero-order chi connectivity index (χ0) is 12.3. The maximum absolute atomic E-state index is 11.5.